The van der Waals surface area contributed by atoms with E-state index in [9.17, 15) is 0 Å². The summed E-state index contributed by atoms with van der Waals surface area (Å²) in [5, 5.41) is 0. The molecule has 0 amide bonds. The van der Waals surface area contributed by atoms with Crippen LogP contribution in [0.3, 0.4) is 0 Å². The molecule has 0 bridgehead atoms. The fourth-order valence-electron chi connectivity index (χ4n) is 3.59. The minimum Gasteiger partial charge on any atom is -0.306 e. The van der Waals surface area contributed by atoms with Crippen molar-refractivity contribution in [2.24, 2.45) is 11.8 Å². The molecule has 0 aromatic heterocycles. The number of benzene rings is 1. The molecule has 2 heteroatoms. The van der Waals surface area contributed by atoms with E-state index in [0.29, 0.717) is 0 Å². The number of aryl methyl sites for hydroxylation is 1. The first-order chi connectivity index (χ1) is 8.74. The molecule has 2 aliphatic rings. The molecule has 0 aliphatic carbocycles. The van der Waals surface area contributed by atoms with Crippen LogP contribution in [0.5, 0.6) is 0 Å². The minimum atomic E-state index is 0.921. The molecule has 2 heterocycles. The van der Waals surface area contributed by atoms with Crippen molar-refractivity contribution in [3.05, 3.63) is 35.4 Å². The van der Waals surface area contributed by atoms with Crippen molar-refractivity contribution >= 4 is 0 Å². The lowest BCUT2D eigenvalue weighted by molar-refractivity contribution is 0.272. The fourth-order valence-corrected chi connectivity index (χ4v) is 3.59. The molecule has 2 saturated heterocycles. The summed E-state index contributed by atoms with van der Waals surface area (Å²) in [6.45, 7) is 8.55. The monoisotopic (exact) mass is 244 g/mol. The van der Waals surface area contributed by atoms with Gasteiger partial charge in [-0.1, -0.05) is 31.2 Å². The van der Waals surface area contributed by atoms with E-state index >= 15 is 0 Å². The Morgan fingerprint density at radius 1 is 0.944 bits per heavy atom. The highest BCUT2D eigenvalue weighted by Crippen LogP contribution is 2.30. The third-order valence-corrected chi connectivity index (χ3v) is 4.58. The Hall–Kier alpha value is -0.860. The molecule has 2 atom stereocenters. The molecule has 0 radical (unpaired) electrons. The van der Waals surface area contributed by atoms with Crippen LogP contribution in [0.15, 0.2) is 24.3 Å². The van der Waals surface area contributed by atoms with Gasteiger partial charge in [-0.25, -0.2) is 0 Å². The molecule has 2 aliphatic heterocycles. The minimum absolute atomic E-state index is 0.921. The Morgan fingerprint density at radius 3 is 2.06 bits per heavy atom. The van der Waals surface area contributed by atoms with Crippen LogP contribution in [-0.2, 0) is 13.0 Å². The highest BCUT2D eigenvalue weighted by atomic mass is 15.2. The number of nitrogens with zero attached hydrogens (tertiary/aromatic N) is 2. The van der Waals surface area contributed by atoms with Gasteiger partial charge in [0.05, 0.1) is 0 Å². The first-order valence-corrected chi connectivity index (χ1v) is 7.23. The number of fused-ring (bicyclic) bond motifs is 1. The van der Waals surface area contributed by atoms with Crippen LogP contribution < -0.4 is 0 Å². The molecule has 2 unspecified atom stereocenters. The van der Waals surface area contributed by atoms with Gasteiger partial charge in [0, 0.05) is 32.7 Å². The van der Waals surface area contributed by atoms with Crippen LogP contribution in [0.2, 0.25) is 0 Å². The maximum absolute atomic E-state index is 2.64. The Balaban J connectivity index is 1.58. The predicted octanol–water partition coefficient (Wildman–Crippen LogP) is 2.24. The number of hydrogen-bond acceptors (Lipinski definition) is 2. The predicted molar refractivity (Wildman–Crippen MR) is 75.6 cm³/mol. The second-order valence-corrected chi connectivity index (χ2v) is 6.11. The molecule has 2 fully saturated rings. The lowest BCUT2D eigenvalue weighted by Crippen LogP contribution is -2.26. The Bertz CT molecular complexity index is 384. The summed E-state index contributed by atoms with van der Waals surface area (Å²) >= 11 is 0. The molecule has 1 aromatic rings. The molecular formula is C16H24N2. The molecule has 1 aromatic carbocycles. The Kier molecular flexibility index (Phi) is 3.40. The summed E-state index contributed by atoms with van der Waals surface area (Å²) in [5.74, 6) is 1.84. The highest BCUT2D eigenvalue weighted by Gasteiger charge is 2.38. The van der Waals surface area contributed by atoms with Gasteiger partial charge in [-0.2, -0.15) is 0 Å². The lowest BCUT2D eigenvalue weighted by atomic mass is 10.0. The summed E-state index contributed by atoms with van der Waals surface area (Å²) < 4.78 is 0. The standard InChI is InChI=1S/C16H24N2/c1-3-13-4-6-14(7-5-13)8-18-11-15-9-17(2)10-16(15)12-18/h4-7,15-16H,3,8-12H2,1-2H3. The summed E-state index contributed by atoms with van der Waals surface area (Å²) in [6, 6.07) is 9.16. The normalized spacial score (nSPS) is 28.8. The van der Waals surface area contributed by atoms with Crippen molar-refractivity contribution in [1.82, 2.24) is 9.80 Å². The highest BCUT2D eigenvalue weighted by molar-refractivity contribution is 5.22. The van der Waals surface area contributed by atoms with Crippen LogP contribution in [-0.4, -0.2) is 43.0 Å². The van der Waals surface area contributed by atoms with Crippen LogP contribution in [0.25, 0.3) is 0 Å². The molecule has 0 spiro atoms. The summed E-state index contributed by atoms with van der Waals surface area (Å²) in [6.07, 6.45) is 1.14. The van der Waals surface area contributed by atoms with Gasteiger partial charge in [-0.05, 0) is 36.4 Å². The first kappa shape index (κ1) is 12.2. The van der Waals surface area contributed by atoms with Gasteiger partial charge in [0.2, 0.25) is 0 Å². The zero-order valence-electron chi connectivity index (χ0n) is 11.6. The Labute approximate surface area is 111 Å². The number of hydrogen-bond donors (Lipinski definition) is 0. The van der Waals surface area contributed by atoms with Crippen LogP contribution in [0.1, 0.15) is 18.1 Å². The molecule has 98 valence electrons. The second kappa shape index (κ2) is 5.02. The van der Waals surface area contributed by atoms with Gasteiger partial charge in [0.25, 0.3) is 0 Å². The Morgan fingerprint density at radius 2 is 1.50 bits per heavy atom. The average Bonchev–Trinajstić information content (AvgIpc) is 2.86. The van der Waals surface area contributed by atoms with Crippen LogP contribution in [0.4, 0.5) is 0 Å². The van der Waals surface area contributed by atoms with Gasteiger partial charge in [-0.15, -0.1) is 0 Å². The summed E-state index contributed by atoms with van der Waals surface area (Å²) in [5.41, 5.74) is 2.92. The summed E-state index contributed by atoms with van der Waals surface area (Å²) in [7, 11) is 2.26. The van der Waals surface area contributed by atoms with Crippen molar-refractivity contribution in [2.75, 3.05) is 33.2 Å². The topological polar surface area (TPSA) is 6.48 Å². The van der Waals surface area contributed by atoms with Gasteiger partial charge >= 0.3 is 0 Å². The van der Waals surface area contributed by atoms with E-state index in [-0.39, 0.29) is 0 Å². The average molecular weight is 244 g/mol. The third-order valence-electron chi connectivity index (χ3n) is 4.58. The zero-order chi connectivity index (χ0) is 12.5. The molecule has 2 nitrogen and oxygen atoms in total. The van der Waals surface area contributed by atoms with E-state index in [1.165, 1.54) is 37.3 Å². The quantitative estimate of drug-likeness (QED) is 0.804. The van der Waals surface area contributed by atoms with Crippen molar-refractivity contribution < 1.29 is 0 Å². The van der Waals surface area contributed by atoms with Crippen LogP contribution in [0, 0.1) is 11.8 Å². The second-order valence-electron chi connectivity index (χ2n) is 6.11. The maximum Gasteiger partial charge on any atom is 0.0233 e. The van der Waals surface area contributed by atoms with Gasteiger partial charge in [0.1, 0.15) is 0 Å². The lowest BCUT2D eigenvalue weighted by Gasteiger charge is -2.19. The van der Waals surface area contributed by atoms with Gasteiger partial charge < -0.3 is 4.90 Å². The van der Waals surface area contributed by atoms with Crippen LogP contribution >= 0.6 is 0 Å². The SMILES string of the molecule is CCc1ccc(CN2CC3CN(C)CC3C2)cc1. The largest absolute Gasteiger partial charge is 0.306 e. The number of likely N-dealkylation sites (tertiary alicyclic amines) is 2. The van der Waals surface area contributed by atoms with Gasteiger partial charge in [0.15, 0.2) is 0 Å². The first-order valence-electron chi connectivity index (χ1n) is 7.23. The van der Waals surface area contributed by atoms with E-state index in [1.54, 1.807) is 0 Å². The molecule has 3 rings (SSSR count). The van der Waals surface area contributed by atoms with E-state index in [4.69, 9.17) is 0 Å². The van der Waals surface area contributed by atoms with E-state index < -0.39 is 0 Å². The molecular weight excluding hydrogens is 220 g/mol. The van der Waals surface area contributed by atoms with Gasteiger partial charge in [-0.3, -0.25) is 4.90 Å². The third kappa shape index (κ3) is 2.45. The fraction of sp³-hybridized carbons (Fsp3) is 0.625. The van der Waals surface area contributed by atoms with Crippen molar-refractivity contribution in [3.63, 3.8) is 0 Å². The maximum atomic E-state index is 2.64. The molecule has 18 heavy (non-hydrogen) atoms. The molecule has 0 N–H and O–H groups in total. The van der Waals surface area contributed by atoms with E-state index in [0.717, 1.165) is 24.8 Å². The smallest absolute Gasteiger partial charge is 0.0233 e. The summed E-state index contributed by atoms with van der Waals surface area (Å²) in [4.78, 5) is 5.13. The van der Waals surface area contributed by atoms with Crippen molar-refractivity contribution in [3.8, 4) is 0 Å². The zero-order valence-corrected chi connectivity index (χ0v) is 11.6. The van der Waals surface area contributed by atoms with E-state index in [1.807, 2.05) is 0 Å². The van der Waals surface area contributed by atoms with Crippen molar-refractivity contribution in [1.29, 1.82) is 0 Å². The van der Waals surface area contributed by atoms with Crippen molar-refractivity contribution in [2.45, 2.75) is 19.9 Å². The molecule has 0 saturated carbocycles. The van der Waals surface area contributed by atoms with E-state index in [2.05, 4.69) is 48.0 Å². The number of rotatable bonds is 3.